The quantitative estimate of drug-likeness (QED) is 0.116. The van der Waals surface area contributed by atoms with Gasteiger partial charge in [0.05, 0.1) is 33.9 Å². The number of aromatic nitrogens is 1. The summed E-state index contributed by atoms with van der Waals surface area (Å²) >= 11 is 12.6. The predicted molar refractivity (Wildman–Crippen MR) is 196 cm³/mol. The zero-order chi connectivity index (χ0) is 40.0. The van der Waals surface area contributed by atoms with Crippen molar-refractivity contribution >= 4 is 58.3 Å². The van der Waals surface area contributed by atoms with Crippen LogP contribution in [0.3, 0.4) is 0 Å². The van der Waals surface area contributed by atoms with Crippen molar-refractivity contribution in [2.24, 2.45) is 23.7 Å². The van der Waals surface area contributed by atoms with Gasteiger partial charge < -0.3 is 5.11 Å². The van der Waals surface area contributed by atoms with Gasteiger partial charge in [-0.1, -0.05) is 65.2 Å². The molecule has 2 saturated heterocycles. The molecule has 8 rings (SSSR count). The van der Waals surface area contributed by atoms with Crippen LogP contribution in [0.25, 0.3) is 0 Å². The Morgan fingerprint density at radius 3 is 2.29 bits per heavy atom. The SMILES string of the molecule is Cc1cccc([C@H]2C3=CC[C@@H]4C(=O)N(N(C)c5nc(C(F)(F)F)ccc5Cl)C(=O)[C@@H]4[C@@H]3C[C@H]3C(=O)N(Nc4ccc(F)cc4)C(=O)[C@@]23c2ccc(Cl)cc2)c1O. The molecule has 1 saturated carbocycles. The number of para-hydroxylation sites is 1. The number of carbonyl (C=O) groups is 4. The van der Waals surface area contributed by atoms with Gasteiger partial charge in [0.2, 0.25) is 0 Å². The van der Waals surface area contributed by atoms with E-state index in [-0.39, 0.29) is 29.3 Å². The lowest BCUT2D eigenvalue weighted by molar-refractivity contribution is -0.142. The lowest BCUT2D eigenvalue weighted by Crippen LogP contribution is -2.53. The van der Waals surface area contributed by atoms with Crippen LogP contribution < -0.4 is 10.4 Å². The molecule has 6 atom stereocenters. The van der Waals surface area contributed by atoms with Gasteiger partial charge >= 0.3 is 6.18 Å². The molecule has 0 radical (unpaired) electrons. The van der Waals surface area contributed by atoms with Crippen LogP contribution in [-0.4, -0.2) is 50.8 Å². The van der Waals surface area contributed by atoms with Crippen LogP contribution in [0.2, 0.25) is 10.0 Å². The van der Waals surface area contributed by atoms with Gasteiger partial charge in [0.25, 0.3) is 23.6 Å². The molecule has 2 aliphatic heterocycles. The van der Waals surface area contributed by atoms with E-state index in [0.717, 1.165) is 33.2 Å². The van der Waals surface area contributed by atoms with Crippen molar-refractivity contribution in [2.45, 2.75) is 37.3 Å². The molecule has 1 aromatic heterocycles. The first-order valence-electron chi connectivity index (χ1n) is 17.6. The molecular formula is C40H31Cl2F4N5O5. The van der Waals surface area contributed by atoms with E-state index in [4.69, 9.17) is 23.2 Å². The number of hydrazine groups is 2. The first-order chi connectivity index (χ1) is 26.5. The largest absolute Gasteiger partial charge is 0.507 e. The lowest BCUT2D eigenvalue weighted by atomic mass is 9.49. The van der Waals surface area contributed by atoms with Crippen molar-refractivity contribution in [1.82, 2.24) is 15.0 Å². The van der Waals surface area contributed by atoms with Crippen molar-refractivity contribution in [3.05, 3.63) is 129 Å². The maximum Gasteiger partial charge on any atom is 0.433 e. The topological polar surface area (TPSA) is 123 Å². The van der Waals surface area contributed by atoms with Gasteiger partial charge in [-0.05, 0) is 85.3 Å². The second-order valence-electron chi connectivity index (χ2n) is 14.4. The summed E-state index contributed by atoms with van der Waals surface area (Å²) in [5.74, 6) is -9.17. The second kappa shape index (κ2) is 13.3. The minimum atomic E-state index is -4.84. The molecule has 4 aliphatic rings. The van der Waals surface area contributed by atoms with Gasteiger partial charge in [-0.15, -0.1) is 0 Å². The van der Waals surface area contributed by atoms with E-state index >= 15 is 4.79 Å². The fourth-order valence-corrected chi connectivity index (χ4v) is 9.46. The number of carbonyl (C=O) groups excluding carboxylic acids is 4. The fraction of sp³-hybridized carbons (Fsp3) is 0.275. The zero-order valence-electron chi connectivity index (χ0n) is 29.5. The number of benzene rings is 3. The molecule has 2 N–H and O–H groups in total. The number of phenolic OH excluding ortho intramolecular Hbond substituents is 1. The number of halogens is 6. The number of hydrogen-bond donors (Lipinski definition) is 2. The molecule has 0 spiro atoms. The number of rotatable bonds is 6. The maximum atomic E-state index is 15.2. The Bertz CT molecular complexity index is 2360. The van der Waals surface area contributed by atoms with Crippen molar-refractivity contribution in [2.75, 3.05) is 17.5 Å². The van der Waals surface area contributed by atoms with Gasteiger partial charge in [-0.2, -0.15) is 23.2 Å². The van der Waals surface area contributed by atoms with Crippen LogP contribution in [0, 0.1) is 36.4 Å². The molecule has 288 valence electrons. The van der Waals surface area contributed by atoms with Crippen LogP contribution >= 0.6 is 23.2 Å². The second-order valence-corrected chi connectivity index (χ2v) is 15.2. The van der Waals surface area contributed by atoms with E-state index in [1.165, 1.54) is 19.2 Å². The average Bonchev–Trinajstić information content (AvgIpc) is 3.54. The molecular weight excluding hydrogens is 777 g/mol. The van der Waals surface area contributed by atoms with Crippen molar-refractivity contribution in [3.8, 4) is 5.75 Å². The van der Waals surface area contributed by atoms with E-state index in [1.54, 1.807) is 55.5 Å². The highest BCUT2D eigenvalue weighted by Gasteiger charge is 2.71. The van der Waals surface area contributed by atoms with E-state index in [1.807, 2.05) is 0 Å². The van der Waals surface area contributed by atoms with Crippen molar-refractivity contribution in [3.63, 3.8) is 0 Å². The summed E-state index contributed by atoms with van der Waals surface area (Å²) in [5, 5.41) is 14.4. The third-order valence-corrected chi connectivity index (χ3v) is 12.1. The first kappa shape index (κ1) is 37.5. The molecule has 3 fully saturated rings. The summed E-state index contributed by atoms with van der Waals surface area (Å²) in [6, 6.07) is 18.2. The van der Waals surface area contributed by atoms with E-state index < -0.39 is 82.1 Å². The fourth-order valence-electron chi connectivity index (χ4n) is 9.10. The smallest absolute Gasteiger partial charge is 0.433 e. The molecule has 16 heteroatoms. The monoisotopic (exact) mass is 807 g/mol. The van der Waals surface area contributed by atoms with Crippen LogP contribution in [0.4, 0.5) is 29.1 Å². The number of amides is 4. The highest BCUT2D eigenvalue weighted by Crippen LogP contribution is 2.65. The molecule has 4 amide bonds. The summed E-state index contributed by atoms with van der Waals surface area (Å²) in [6.45, 7) is 1.68. The summed E-state index contributed by atoms with van der Waals surface area (Å²) in [5.41, 5.74) is 1.80. The van der Waals surface area contributed by atoms with E-state index in [2.05, 4.69) is 10.4 Å². The van der Waals surface area contributed by atoms with Gasteiger partial charge in [0, 0.05) is 23.6 Å². The van der Waals surface area contributed by atoms with Gasteiger partial charge in [-0.25, -0.2) is 9.37 Å². The number of aromatic hydroxyl groups is 1. The number of fused-ring (bicyclic) bond motifs is 4. The molecule has 2 aliphatic carbocycles. The number of nitrogens with zero attached hydrogens (tertiary/aromatic N) is 4. The highest BCUT2D eigenvalue weighted by atomic mass is 35.5. The minimum absolute atomic E-state index is 0.000707. The molecule has 56 heavy (non-hydrogen) atoms. The number of hydrogen-bond acceptors (Lipinski definition) is 8. The number of allylic oxidation sites excluding steroid dienone is 2. The normalized spacial score (nSPS) is 25.9. The number of phenols is 1. The molecule has 4 aromatic rings. The molecule has 0 unspecified atom stereocenters. The number of pyridine rings is 1. The number of alkyl halides is 3. The summed E-state index contributed by atoms with van der Waals surface area (Å²) in [7, 11) is 1.22. The van der Waals surface area contributed by atoms with Crippen LogP contribution in [-0.2, 0) is 30.8 Å². The molecule has 10 nitrogen and oxygen atoms in total. The third kappa shape index (κ3) is 5.55. The number of aryl methyl sites for hydroxylation is 1. The summed E-state index contributed by atoms with van der Waals surface area (Å²) in [4.78, 5) is 62.4. The zero-order valence-corrected chi connectivity index (χ0v) is 31.0. The Kier molecular flexibility index (Phi) is 8.92. The Morgan fingerprint density at radius 1 is 0.911 bits per heavy atom. The standard InChI is InChI=1S/C40H31Cl2F4N5O5/c1-19-4-3-5-26(33(19)52)32-24-14-15-25-31(37(55)51(35(25)53)49(2)34-29(42)16-17-30(47-34)40(44,45)46)27(24)18-28-36(54)50(48-23-12-10-22(43)11-13-23)38(56)39(28,32)20-6-8-21(41)9-7-20/h3-14,16-17,25,27-28,31-32,48,52H,15,18H2,1-2H3/t25-,27+,28-,31-,32+,39+/m0/s1. The van der Waals surface area contributed by atoms with E-state index in [9.17, 15) is 37.1 Å². The predicted octanol–water partition coefficient (Wildman–Crippen LogP) is 7.60. The molecule has 3 aromatic carbocycles. The first-order valence-corrected chi connectivity index (χ1v) is 18.3. The minimum Gasteiger partial charge on any atom is -0.507 e. The Balaban J connectivity index is 1.29. The highest BCUT2D eigenvalue weighted by molar-refractivity contribution is 6.33. The summed E-state index contributed by atoms with van der Waals surface area (Å²) in [6.07, 6.45) is -3.18. The third-order valence-electron chi connectivity index (χ3n) is 11.5. The average molecular weight is 809 g/mol. The van der Waals surface area contributed by atoms with Gasteiger partial charge in [0.15, 0.2) is 5.82 Å². The molecule has 3 heterocycles. The van der Waals surface area contributed by atoms with Crippen LogP contribution in [0.15, 0.2) is 90.5 Å². The maximum absolute atomic E-state index is 15.2. The number of nitrogens with one attached hydrogen (secondary N) is 1. The van der Waals surface area contributed by atoms with Crippen molar-refractivity contribution in [1.29, 1.82) is 0 Å². The Labute approximate surface area is 327 Å². The number of imide groups is 2. The van der Waals surface area contributed by atoms with Gasteiger partial charge in [0.1, 0.15) is 17.3 Å². The van der Waals surface area contributed by atoms with Crippen molar-refractivity contribution < 1.29 is 41.8 Å². The van der Waals surface area contributed by atoms with E-state index in [0.29, 0.717) is 33.4 Å². The summed E-state index contributed by atoms with van der Waals surface area (Å²) < 4.78 is 54.9. The van der Waals surface area contributed by atoms with Crippen LogP contribution in [0.5, 0.6) is 5.75 Å². The lowest BCUT2D eigenvalue weighted by Gasteiger charge is -2.50. The number of anilines is 2. The Morgan fingerprint density at radius 2 is 1.61 bits per heavy atom. The molecule has 0 bridgehead atoms. The Hall–Kier alpha value is -5.47. The van der Waals surface area contributed by atoms with Gasteiger partial charge in [-0.3, -0.25) is 29.6 Å². The van der Waals surface area contributed by atoms with Crippen LogP contribution in [0.1, 0.15) is 41.1 Å².